The monoisotopic (exact) mass is 385 g/mol. The summed E-state index contributed by atoms with van der Waals surface area (Å²) in [4.78, 5) is 12.4. The minimum Gasteiger partial charge on any atom is -0.496 e. The Morgan fingerprint density at radius 3 is 2.88 bits per heavy atom. The molecule has 0 saturated heterocycles. The number of nitrogens with zero attached hydrogens (tertiary/aromatic N) is 3. The summed E-state index contributed by atoms with van der Waals surface area (Å²) in [6.45, 7) is 3.79. The first-order chi connectivity index (χ1) is 11.5. The molecule has 0 fully saturated rings. The van der Waals surface area contributed by atoms with Gasteiger partial charge < -0.3 is 4.74 Å². The van der Waals surface area contributed by atoms with Crippen LogP contribution in [0.4, 0.5) is 0 Å². The van der Waals surface area contributed by atoms with E-state index in [-0.39, 0.29) is 10.7 Å². The van der Waals surface area contributed by atoms with E-state index in [0.29, 0.717) is 21.8 Å². The van der Waals surface area contributed by atoms with E-state index in [2.05, 4.69) is 20.9 Å². The highest BCUT2D eigenvalue weighted by molar-refractivity contribution is 7.99. The lowest BCUT2D eigenvalue weighted by Crippen LogP contribution is -2.38. The summed E-state index contributed by atoms with van der Waals surface area (Å²) in [6.07, 6.45) is 0. The molecule has 0 aliphatic rings. The van der Waals surface area contributed by atoms with E-state index in [0.717, 1.165) is 5.75 Å². The van der Waals surface area contributed by atoms with Gasteiger partial charge in [0.25, 0.3) is 5.91 Å². The van der Waals surface area contributed by atoms with Crippen molar-refractivity contribution in [3.63, 3.8) is 0 Å². The summed E-state index contributed by atoms with van der Waals surface area (Å²) in [5.41, 5.74) is 3.18. The zero-order valence-corrected chi connectivity index (χ0v) is 15.7. The van der Waals surface area contributed by atoms with Gasteiger partial charge in [-0.15, -0.1) is 10.2 Å². The van der Waals surface area contributed by atoms with Crippen LogP contribution in [0.25, 0.3) is 0 Å². The number of thiocarbonyl (C=S) groups is 1. The third kappa shape index (κ3) is 4.37. The Hall–Kier alpha value is -1.84. The minimum atomic E-state index is -0.428. The quantitative estimate of drug-likeness (QED) is 0.604. The van der Waals surface area contributed by atoms with Gasteiger partial charge in [-0.1, -0.05) is 30.3 Å². The molecule has 0 aliphatic carbocycles. The summed E-state index contributed by atoms with van der Waals surface area (Å²) in [5.74, 6) is 1.44. The molecule has 0 radical (unpaired) electrons. The van der Waals surface area contributed by atoms with Crippen molar-refractivity contribution in [3.8, 4) is 5.75 Å². The minimum absolute atomic E-state index is 0.114. The van der Waals surface area contributed by atoms with Crippen LogP contribution in [0, 0.1) is 6.92 Å². The number of halogens is 1. The molecule has 0 unspecified atom stereocenters. The fourth-order valence-electron chi connectivity index (χ4n) is 1.85. The Morgan fingerprint density at radius 2 is 2.21 bits per heavy atom. The summed E-state index contributed by atoms with van der Waals surface area (Å²) in [6, 6.07) is 4.77. The lowest BCUT2D eigenvalue weighted by atomic mass is 10.2. The van der Waals surface area contributed by atoms with E-state index < -0.39 is 5.91 Å². The van der Waals surface area contributed by atoms with E-state index >= 15 is 0 Å². The Labute approximate surface area is 154 Å². The van der Waals surface area contributed by atoms with Gasteiger partial charge in [0.15, 0.2) is 5.11 Å². The highest BCUT2D eigenvalue weighted by atomic mass is 35.5. The number of hydrogen-bond donors (Lipinski definition) is 2. The van der Waals surface area contributed by atoms with Gasteiger partial charge in [-0.05, 0) is 43.1 Å². The van der Waals surface area contributed by atoms with Crippen LogP contribution in [-0.4, -0.2) is 38.8 Å². The van der Waals surface area contributed by atoms with E-state index in [4.69, 9.17) is 28.6 Å². The predicted octanol–water partition coefficient (Wildman–Crippen LogP) is 2.62. The Bertz CT molecular complexity index is 766. The number of benzene rings is 1. The van der Waals surface area contributed by atoms with Crippen LogP contribution in [0.2, 0.25) is 5.02 Å². The van der Waals surface area contributed by atoms with Crippen LogP contribution in [0.15, 0.2) is 23.4 Å². The van der Waals surface area contributed by atoms with Gasteiger partial charge in [0.1, 0.15) is 11.6 Å². The molecule has 2 N–H and O–H groups in total. The van der Waals surface area contributed by atoms with E-state index in [1.807, 2.05) is 6.92 Å². The molecule has 1 aromatic carbocycles. The highest BCUT2D eigenvalue weighted by Crippen LogP contribution is 2.22. The second-order valence-corrected chi connectivity index (χ2v) is 6.61. The van der Waals surface area contributed by atoms with Gasteiger partial charge in [0.2, 0.25) is 5.16 Å². The molecule has 2 aromatic rings. The van der Waals surface area contributed by atoms with Crippen molar-refractivity contribution in [2.75, 3.05) is 18.3 Å². The average Bonchev–Trinajstić information content (AvgIpc) is 2.88. The number of carbonyl (C=O) groups excluding carboxylic acids is 1. The van der Waals surface area contributed by atoms with Crippen molar-refractivity contribution in [3.05, 3.63) is 34.6 Å². The zero-order chi connectivity index (χ0) is 17.7. The number of hydrogen-bond acceptors (Lipinski definition) is 6. The van der Waals surface area contributed by atoms with E-state index in [9.17, 15) is 4.79 Å². The molecule has 0 aliphatic heterocycles. The van der Waals surface area contributed by atoms with Crippen molar-refractivity contribution in [1.82, 2.24) is 20.2 Å². The Kier molecular flexibility index (Phi) is 6.41. The number of aromatic nitrogens is 3. The molecular formula is C14H16ClN5O2S2. The number of thioether (sulfide) groups is 1. The van der Waals surface area contributed by atoms with E-state index in [1.165, 1.54) is 24.9 Å². The van der Waals surface area contributed by atoms with Crippen LogP contribution < -0.4 is 15.5 Å². The van der Waals surface area contributed by atoms with E-state index in [1.54, 1.807) is 23.7 Å². The van der Waals surface area contributed by atoms with Gasteiger partial charge in [0.05, 0.1) is 12.7 Å². The molecular weight excluding hydrogens is 370 g/mol. The van der Waals surface area contributed by atoms with Crippen LogP contribution in [0.5, 0.6) is 5.75 Å². The first kappa shape index (κ1) is 18.5. The molecule has 128 valence electrons. The number of methoxy groups -OCH3 is 1. The predicted molar refractivity (Wildman–Crippen MR) is 98.6 cm³/mol. The molecule has 1 heterocycles. The van der Waals surface area contributed by atoms with Crippen LogP contribution in [-0.2, 0) is 0 Å². The first-order valence-corrected chi connectivity index (χ1v) is 8.74. The maximum atomic E-state index is 12.4. The van der Waals surface area contributed by atoms with Gasteiger partial charge in [-0.3, -0.25) is 15.5 Å². The van der Waals surface area contributed by atoms with Crippen molar-refractivity contribution in [2.24, 2.45) is 0 Å². The zero-order valence-electron chi connectivity index (χ0n) is 13.3. The lowest BCUT2D eigenvalue weighted by molar-refractivity contribution is 0.0974. The molecule has 2 rings (SSSR count). The maximum Gasteiger partial charge on any atom is 0.261 e. The van der Waals surface area contributed by atoms with Crippen LogP contribution >= 0.6 is 35.6 Å². The second-order valence-electron chi connectivity index (χ2n) is 4.54. The third-order valence-corrected chi connectivity index (χ3v) is 4.15. The van der Waals surface area contributed by atoms with Gasteiger partial charge in [0, 0.05) is 5.02 Å². The lowest BCUT2D eigenvalue weighted by Gasteiger charge is -2.14. The summed E-state index contributed by atoms with van der Waals surface area (Å²) < 4.78 is 6.78. The highest BCUT2D eigenvalue weighted by Gasteiger charge is 2.16. The standard InChI is InChI=1S/C14H16ClN5O2S2/c1-4-24-14-18-17-8(2)20(14)19-13(23)16-12(21)10-7-9(15)5-6-11(10)22-3/h5-7H,4H2,1-3H3,(H2,16,19,21,23). The smallest absolute Gasteiger partial charge is 0.261 e. The number of rotatable bonds is 5. The Balaban J connectivity index is 2.12. The molecule has 1 aromatic heterocycles. The second kappa shape index (κ2) is 8.32. The molecule has 0 spiro atoms. The topological polar surface area (TPSA) is 81.1 Å². The van der Waals surface area contributed by atoms with Crippen LogP contribution in [0.1, 0.15) is 23.1 Å². The van der Waals surface area contributed by atoms with Crippen molar-refractivity contribution >= 4 is 46.6 Å². The fraction of sp³-hybridized carbons (Fsp3) is 0.286. The van der Waals surface area contributed by atoms with Crippen molar-refractivity contribution < 1.29 is 9.53 Å². The number of nitrogens with one attached hydrogen (secondary N) is 2. The molecule has 7 nitrogen and oxygen atoms in total. The average molecular weight is 386 g/mol. The molecule has 24 heavy (non-hydrogen) atoms. The van der Waals surface area contributed by atoms with Crippen LogP contribution in [0.3, 0.4) is 0 Å². The molecule has 1 amide bonds. The summed E-state index contributed by atoms with van der Waals surface area (Å²) in [7, 11) is 1.48. The molecule has 0 atom stereocenters. The SMILES string of the molecule is CCSc1nnc(C)n1NC(=S)NC(=O)c1cc(Cl)ccc1OC. The van der Waals surface area contributed by atoms with Gasteiger partial charge in [-0.25, -0.2) is 4.68 Å². The maximum absolute atomic E-state index is 12.4. The summed E-state index contributed by atoms with van der Waals surface area (Å²) >= 11 is 12.6. The van der Waals surface area contributed by atoms with Crippen molar-refractivity contribution in [1.29, 1.82) is 0 Å². The molecule has 0 saturated carbocycles. The normalized spacial score (nSPS) is 10.3. The number of carbonyl (C=O) groups is 1. The number of ether oxygens (including phenoxy) is 1. The van der Waals surface area contributed by atoms with Gasteiger partial charge >= 0.3 is 0 Å². The van der Waals surface area contributed by atoms with Gasteiger partial charge in [-0.2, -0.15) is 0 Å². The molecule has 0 bridgehead atoms. The number of aryl methyl sites for hydroxylation is 1. The third-order valence-electron chi connectivity index (χ3n) is 2.92. The van der Waals surface area contributed by atoms with Crippen molar-refractivity contribution in [2.45, 2.75) is 19.0 Å². The fourth-order valence-corrected chi connectivity index (χ4v) is 2.87. The first-order valence-electron chi connectivity index (χ1n) is 6.97. The number of amides is 1. The summed E-state index contributed by atoms with van der Waals surface area (Å²) in [5, 5.41) is 11.8. The molecule has 10 heteroatoms. The largest absolute Gasteiger partial charge is 0.496 e. The Morgan fingerprint density at radius 1 is 1.46 bits per heavy atom.